The minimum atomic E-state index is 0.260. The molecular formula is C5H8OS2. The normalized spacial score (nSPS) is 8.62. The smallest absolute Gasteiger partial charge is 0.142 e. The molecule has 0 aliphatic rings. The fourth-order valence-corrected chi connectivity index (χ4v) is 0.891. The van der Waals surface area contributed by atoms with Gasteiger partial charge in [-0.15, -0.1) is 11.8 Å². The summed E-state index contributed by atoms with van der Waals surface area (Å²) in [6.07, 6.45) is 0.621. The second kappa shape index (κ2) is 5.25. The Labute approximate surface area is 58.8 Å². The predicted octanol–water partition coefficient (Wildman–Crippen LogP) is 1.66. The van der Waals surface area contributed by atoms with Gasteiger partial charge in [-0.2, -0.15) is 0 Å². The van der Waals surface area contributed by atoms with E-state index in [0.29, 0.717) is 12.2 Å². The van der Waals surface area contributed by atoms with Crippen molar-refractivity contribution in [1.29, 1.82) is 0 Å². The maximum atomic E-state index is 10.5. The first kappa shape index (κ1) is 8.11. The Kier molecular flexibility index (Phi) is 5.32. The molecule has 0 unspecified atom stereocenters. The molecule has 46 valence electrons. The molecule has 8 heavy (non-hydrogen) atoms. The number of hydrogen-bond donors (Lipinski definition) is 0. The number of ketones is 1. The van der Waals surface area contributed by atoms with Crippen LogP contribution < -0.4 is 0 Å². The van der Waals surface area contributed by atoms with Gasteiger partial charge in [0.15, 0.2) is 0 Å². The van der Waals surface area contributed by atoms with E-state index in [-0.39, 0.29) is 5.78 Å². The average Bonchev–Trinajstić information content (AvgIpc) is 1.83. The predicted molar refractivity (Wildman–Crippen MR) is 41.4 cm³/mol. The van der Waals surface area contributed by atoms with E-state index >= 15 is 0 Å². The molecule has 0 radical (unpaired) electrons. The standard InChI is InChI=1S/C5H8OS2/c1-2-5(6)3-8-4-7/h4H,2-3H2,1H3. The van der Waals surface area contributed by atoms with Crippen molar-refractivity contribution in [1.82, 2.24) is 0 Å². The molecule has 0 atom stereocenters. The van der Waals surface area contributed by atoms with Crippen LogP contribution >= 0.6 is 24.0 Å². The van der Waals surface area contributed by atoms with Crippen molar-refractivity contribution in [2.24, 2.45) is 0 Å². The van der Waals surface area contributed by atoms with E-state index in [2.05, 4.69) is 12.2 Å². The van der Waals surface area contributed by atoms with E-state index in [1.807, 2.05) is 6.92 Å². The van der Waals surface area contributed by atoms with Crippen LogP contribution in [0.25, 0.3) is 0 Å². The van der Waals surface area contributed by atoms with Gasteiger partial charge in [0.05, 0.1) is 5.75 Å². The minimum absolute atomic E-state index is 0.260. The number of carbonyl (C=O) groups excluding carboxylic acids is 1. The van der Waals surface area contributed by atoms with Gasteiger partial charge in [0, 0.05) is 11.1 Å². The van der Waals surface area contributed by atoms with Gasteiger partial charge in [0.1, 0.15) is 5.78 Å². The third-order valence-electron chi connectivity index (χ3n) is 0.707. The van der Waals surface area contributed by atoms with Gasteiger partial charge in [-0.05, 0) is 0 Å². The third-order valence-corrected chi connectivity index (χ3v) is 1.74. The lowest BCUT2D eigenvalue weighted by atomic mass is 10.4. The number of Topliss-reactive ketones (excluding diaryl/α,β-unsaturated/α-hetero) is 1. The molecule has 1 nitrogen and oxygen atoms in total. The zero-order valence-electron chi connectivity index (χ0n) is 4.72. The quantitative estimate of drug-likeness (QED) is 0.564. The van der Waals surface area contributed by atoms with Gasteiger partial charge in [0.2, 0.25) is 0 Å². The zero-order chi connectivity index (χ0) is 6.41. The average molecular weight is 148 g/mol. The molecule has 0 aromatic heterocycles. The molecule has 0 saturated carbocycles. The van der Waals surface area contributed by atoms with Crippen LogP contribution in [0.3, 0.4) is 0 Å². The Balaban J connectivity index is 3.11. The highest BCUT2D eigenvalue weighted by Gasteiger charge is 1.93. The van der Waals surface area contributed by atoms with Gasteiger partial charge in [-0.1, -0.05) is 19.1 Å². The first-order chi connectivity index (χ1) is 3.81. The van der Waals surface area contributed by atoms with E-state index < -0.39 is 0 Å². The van der Waals surface area contributed by atoms with Crippen LogP contribution in [0.5, 0.6) is 0 Å². The summed E-state index contributed by atoms with van der Waals surface area (Å²) >= 11 is 5.89. The van der Waals surface area contributed by atoms with Crippen molar-refractivity contribution in [3.8, 4) is 0 Å². The lowest BCUT2D eigenvalue weighted by Crippen LogP contribution is -1.97. The van der Waals surface area contributed by atoms with E-state index in [4.69, 9.17) is 0 Å². The molecule has 0 N–H and O–H groups in total. The van der Waals surface area contributed by atoms with Crippen molar-refractivity contribution < 1.29 is 4.79 Å². The summed E-state index contributed by atoms with van der Waals surface area (Å²) in [6, 6.07) is 0. The molecular weight excluding hydrogens is 140 g/mol. The molecule has 3 heteroatoms. The second-order valence-corrected chi connectivity index (χ2v) is 2.69. The number of thioether (sulfide) groups is 1. The lowest BCUT2D eigenvalue weighted by molar-refractivity contribution is -0.116. The highest BCUT2D eigenvalue weighted by atomic mass is 32.2. The van der Waals surface area contributed by atoms with Crippen LogP contribution in [0, 0.1) is 0 Å². The zero-order valence-corrected chi connectivity index (χ0v) is 6.35. The van der Waals surface area contributed by atoms with Crippen molar-refractivity contribution >= 4 is 34.5 Å². The highest BCUT2D eigenvalue weighted by molar-refractivity contribution is 8.21. The summed E-state index contributed by atoms with van der Waals surface area (Å²) in [5, 5.41) is 0. The maximum Gasteiger partial charge on any atom is 0.142 e. The summed E-state index contributed by atoms with van der Waals surface area (Å²) in [5.74, 6) is 0.802. The topological polar surface area (TPSA) is 17.1 Å². The first-order valence-corrected chi connectivity index (χ1v) is 3.90. The molecule has 0 saturated heterocycles. The minimum Gasteiger partial charge on any atom is -0.299 e. The van der Waals surface area contributed by atoms with Gasteiger partial charge in [0.25, 0.3) is 0 Å². The molecule has 0 aliphatic heterocycles. The summed E-state index contributed by atoms with van der Waals surface area (Å²) < 4.78 is 1.52. The largest absolute Gasteiger partial charge is 0.299 e. The van der Waals surface area contributed by atoms with Crippen LogP contribution in [0.2, 0.25) is 0 Å². The molecule has 0 rings (SSSR count). The number of hydrogen-bond acceptors (Lipinski definition) is 3. The number of carbonyl (C=O) groups is 1. The monoisotopic (exact) mass is 148 g/mol. The van der Waals surface area contributed by atoms with E-state index in [1.165, 1.54) is 16.5 Å². The van der Waals surface area contributed by atoms with Crippen molar-refractivity contribution in [2.75, 3.05) is 5.75 Å². The van der Waals surface area contributed by atoms with Crippen LogP contribution in [0.1, 0.15) is 13.3 Å². The molecule has 0 heterocycles. The molecule has 0 aromatic carbocycles. The van der Waals surface area contributed by atoms with Crippen LogP contribution in [-0.2, 0) is 4.79 Å². The summed E-state index contributed by atoms with van der Waals surface area (Å²) in [5.41, 5.74) is 0. The van der Waals surface area contributed by atoms with E-state index in [9.17, 15) is 4.79 Å². The van der Waals surface area contributed by atoms with Crippen molar-refractivity contribution in [3.05, 3.63) is 0 Å². The number of thiocarbonyl (C=S) groups is 1. The Bertz CT molecular complexity index is 90.4. The van der Waals surface area contributed by atoms with Gasteiger partial charge in [-0.3, -0.25) is 4.79 Å². The summed E-state index contributed by atoms with van der Waals surface area (Å²) in [6.45, 7) is 1.85. The Morgan fingerprint density at radius 3 is 2.88 bits per heavy atom. The molecule has 0 aliphatic carbocycles. The maximum absolute atomic E-state index is 10.5. The Morgan fingerprint density at radius 2 is 2.50 bits per heavy atom. The van der Waals surface area contributed by atoms with Gasteiger partial charge < -0.3 is 0 Å². The third kappa shape index (κ3) is 4.27. The van der Waals surface area contributed by atoms with Gasteiger partial charge >= 0.3 is 0 Å². The van der Waals surface area contributed by atoms with Crippen molar-refractivity contribution in [2.45, 2.75) is 13.3 Å². The van der Waals surface area contributed by atoms with Crippen LogP contribution in [-0.4, -0.2) is 16.2 Å². The molecule has 0 bridgehead atoms. The summed E-state index contributed by atoms with van der Waals surface area (Å²) in [7, 11) is 0. The van der Waals surface area contributed by atoms with E-state index in [1.54, 1.807) is 0 Å². The Morgan fingerprint density at radius 1 is 1.88 bits per heavy atom. The fourth-order valence-electron chi connectivity index (χ4n) is 0.229. The lowest BCUT2D eigenvalue weighted by Gasteiger charge is -1.87. The molecule has 0 amide bonds. The van der Waals surface area contributed by atoms with Gasteiger partial charge in [-0.25, -0.2) is 0 Å². The van der Waals surface area contributed by atoms with Crippen molar-refractivity contribution in [3.63, 3.8) is 0 Å². The second-order valence-electron chi connectivity index (χ2n) is 1.30. The first-order valence-electron chi connectivity index (χ1n) is 2.38. The highest BCUT2D eigenvalue weighted by Crippen LogP contribution is 1.95. The SMILES string of the molecule is CCC(=O)CSC=S. The molecule has 0 aromatic rings. The number of rotatable bonds is 4. The van der Waals surface area contributed by atoms with E-state index in [0.717, 1.165) is 0 Å². The van der Waals surface area contributed by atoms with Crippen LogP contribution in [0.15, 0.2) is 0 Å². The molecule has 0 spiro atoms. The summed E-state index contributed by atoms with van der Waals surface area (Å²) in [4.78, 5) is 10.5. The fraction of sp³-hybridized carbons (Fsp3) is 0.600. The van der Waals surface area contributed by atoms with Crippen LogP contribution in [0.4, 0.5) is 0 Å². The Hall–Kier alpha value is 0.110. The molecule has 0 fully saturated rings.